The van der Waals surface area contributed by atoms with Crippen molar-refractivity contribution in [2.45, 2.75) is 37.0 Å². The molecule has 0 unspecified atom stereocenters. The average molecular weight is 318 g/mol. The van der Waals surface area contributed by atoms with Crippen molar-refractivity contribution >= 4 is 23.5 Å². The summed E-state index contributed by atoms with van der Waals surface area (Å²) in [6.07, 6.45) is 0.213. The van der Waals surface area contributed by atoms with Gasteiger partial charge in [0.05, 0.1) is 6.10 Å². The Hall–Kier alpha value is -1.34. The number of benzene rings is 1. The Morgan fingerprint density at radius 2 is 1.90 bits per heavy atom. The molecule has 0 aliphatic carbocycles. The SMILES string of the molecule is C[C@@H](CNC(=O)Nc1ccc(SC(F)F)cc1)C[C@H](C)O. The van der Waals surface area contributed by atoms with Gasteiger partial charge in [-0.2, -0.15) is 8.78 Å². The predicted octanol–water partition coefficient (Wildman–Crippen LogP) is 3.53. The van der Waals surface area contributed by atoms with E-state index in [0.717, 1.165) is 0 Å². The van der Waals surface area contributed by atoms with Gasteiger partial charge >= 0.3 is 6.03 Å². The summed E-state index contributed by atoms with van der Waals surface area (Å²) in [5, 5.41) is 14.5. The molecule has 2 atom stereocenters. The van der Waals surface area contributed by atoms with Crippen molar-refractivity contribution in [2.24, 2.45) is 5.92 Å². The smallest absolute Gasteiger partial charge is 0.319 e. The maximum Gasteiger partial charge on any atom is 0.319 e. The van der Waals surface area contributed by atoms with E-state index < -0.39 is 11.9 Å². The van der Waals surface area contributed by atoms with Crippen LogP contribution in [0.3, 0.4) is 0 Å². The van der Waals surface area contributed by atoms with Gasteiger partial charge in [-0.3, -0.25) is 0 Å². The van der Waals surface area contributed by atoms with Gasteiger partial charge in [-0.15, -0.1) is 0 Å². The molecule has 0 fully saturated rings. The quantitative estimate of drug-likeness (QED) is 0.674. The second-order valence-electron chi connectivity index (χ2n) is 4.93. The maximum atomic E-state index is 12.2. The Kier molecular flexibility index (Phi) is 7.45. The number of hydrogen-bond donors (Lipinski definition) is 3. The lowest BCUT2D eigenvalue weighted by atomic mass is 10.1. The number of urea groups is 1. The van der Waals surface area contributed by atoms with Crippen molar-refractivity contribution in [3.05, 3.63) is 24.3 Å². The first-order valence-corrected chi connectivity index (χ1v) is 7.52. The number of carbonyl (C=O) groups excluding carboxylic acids is 1. The van der Waals surface area contributed by atoms with Crippen LogP contribution in [0.2, 0.25) is 0 Å². The lowest BCUT2D eigenvalue weighted by Gasteiger charge is -2.14. The van der Waals surface area contributed by atoms with E-state index in [0.29, 0.717) is 35.3 Å². The lowest BCUT2D eigenvalue weighted by molar-refractivity contribution is 0.163. The monoisotopic (exact) mass is 318 g/mol. The third kappa shape index (κ3) is 7.87. The minimum atomic E-state index is -2.46. The highest BCUT2D eigenvalue weighted by Crippen LogP contribution is 2.26. The molecular formula is C14H20F2N2O2S. The van der Waals surface area contributed by atoms with Crippen LogP contribution in [0, 0.1) is 5.92 Å². The van der Waals surface area contributed by atoms with Crippen LogP contribution in [0.5, 0.6) is 0 Å². The summed E-state index contributed by atoms with van der Waals surface area (Å²) in [4.78, 5) is 12.1. The second kappa shape index (κ2) is 8.84. The van der Waals surface area contributed by atoms with Crippen molar-refractivity contribution in [2.75, 3.05) is 11.9 Å². The summed E-state index contributed by atoms with van der Waals surface area (Å²) in [7, 11) is 0. The van der Waals surface area contributed by atoms with E-state index in [-0.39, 0.29) is 11.9 Å². The minimum Gasteiger partial charge on any atom is -0.393 e. The fraction of sp³-hybridized carbons (Fsp3) is 0.500. The van der Waals surface area contributed by atoms with Gasteiger partial charge in [0, 0.05) is 17.1 Å². The van der Waals surface area contributed by atoms with Crippen LogP contribution in [-0.4, -0.2) is 29.5 Å². The summed E-state index contributed by atoms with van der Waals surface area (Å²) in [5.41, 5.74) is 0.536. The lowest BCUT2D eigenvalue weighted by Crippen LogP contribution is -2.33. The number of hydrogen-bond acceptors (Lipinski definition) is 3. The molecular weight excluding hydrogens is 298 g/mol. The van der Waals surface area contributed by atoms with E-state index in [1.807, 2.05) is 6.92 Å². The molecule has 21 heavy (non-hydrogen) atoms. The van der Waals surface area contributed by atoms with E-state index in [1.54, 1.807) is 19.1 Å². The minimum absolute atomic E-state index is 0.167. The van der Waals surface area contributed by atoms with Crippen molar-refractivity contribution in [3.8, 4) is 0 Å². The Bertz CT molecular complexity index is 441. The van der Waals surface area contributed by atoms with Gasteiger partial charge in [0.2, 0.25) is 0 Å². The highest BCUT2D eigenvalue weighted by Gasteiger charge is 2.09. The van der Waals surface area contributed by atoms with Crippen LogP contribution in [0.15, 0.2) is 29.2 Å². The third-order valence-electron chi connectivity index (χ3n) is 2.69. The normalized spacial score (nSPS) is 13.8. The molecule has 0 saturated carbocycles. The molecule has 0 spiro atoms. The summed E-state index contributed by atoms with van der Waals surface area (Å²) in [6, 6.07) is 5.85. The summed E-state index contributed by atoms with van der Waals surface area (Å²) >= 11 is 0.460. The highest BCUT2D eigenvalue weighted by molar-refractivity contribution is 7.99. The molecule has 1 rings (SSSR count). The zero-order valence-corrected chi connectivity index (χ0v) is 12.8. The van der Waals surface area contributed by atoms with Gasteiger partial charge in [0.15, 0.2) is 0 Å². The average Bonchev–Trinajstić information content (AvgIpc) is 2.37. The zero-order chi connectivity index (χ0) is 15.8. The van der Waals surface area contributed by atoms with Gasteiger partial charge < -0.3 is 15.7 Å². The van der Waals surface area contributed by atoms with Crippen LogP contribution in [-0.2, 0) is 0 Å². The number of nitrogens with one attached hydrogen (secondary N) is 2. The van der Waals surface area contributed by atoms with Crippen molar-refractivity contribution < 1.29 is 18.7 Å². The van der Waals surface area contributed by atoms with E-state index in [9.17, 15) is 18.7 Å². The van der Waals surface area contributed by atoms with Crippen molar-refractivity contribution in [1.29, 1.82) is 0 Å². The number of thioether (sulfide) groups is 1. The number of aliphatic hydroxyl groups excluding tert-OH is 1. The van der Waals surface area contributed by atoms with E-state index in [2.05, 4.69) is 10.6 Å². The molecule has 0 heterocycles. The Morgan fingerprint density at radius 3 is 2.43 bits per heavy atom. The molecule has 0 aromatic heterocycles. The topological polar surface area (TPSA) is 61.4 Å². The van der Waals surface area contributed by atoms with Crippen LogP contribution in [0.25, 0.3) is 0 Å². The molecule has 2 amide bonds. The number of anilines is 1. The number of carbonyl (C=O) groups is 1. The van der Waals surface area contributed by atoms with E-state index in [1.165, 1.54) is 12.1 Å². The molecule has 118 valence electrons. The number of rotatable bonds is 7. The second-order valence-corrected chi connectivity index (χ2v) is 5.99. The van der Waals surface area contributed by atoms with Crippen LogP contribution < -0.4 is 10.6 Å². The number of halogens is 2. The molecule has 3 N–H and O–H groups in total. The van der Waals surface area contributed by atoms with E-state index >= 15 is 0 Å². The first-order chi connectivity index (χ1) is 9.86. The highest BCUT2D eigenvalue weighted by atomic mass is 32.2. The van der Waals surface area contributed by atoms with Crippen LogP contribution in [0.1, 0.15) is 20.3 Å². The maximum absolute atomic E-state index is 12.2. The first-order valence-electron chi connectivity index (χ1n) is 6.64. The molecule has 1 aromatic carbocycles. The van der Waals surface area contributed by atoms with Gasteiger partial charge in [-0.05, 0) is 43.5 Å². The number of alkyl halides is 2. The molecule has 0 bridgehead atoms. The summed E-state index contributed by atoms with van der Waals surface area (Å²) in [5.74, 6) is -2.29. The molecule has 7 heteroatoms. The Balaban J connectivity index is 2.37. The Labute approximate surface area is 127 Å². The largest absolute Gasteiger partial charge is 0.393 e. The van der Waals surface area contributed by atoms with Gasteiger partial charge in [-0.1, -0.05) is 18.7 Å². The zero-order valence-electron chi connectivity index (χ0n) is 12.0. The summed E-state index contributed by atoms with van der Waals surface area (Å²) < 4.78 is 24.3. The standard InChI is InChI=1S/C14H20F2N2O2S/c1-9(7-10(2)19)8-17-14(20)18-11-3-5-12(6-4-11)21-13(15)16/h3-6,9-10,13,19H,7-8H2,1-2H3,(H2,17,18,20)/t9-,10+/m1/s1. The first kappa shape index (κ1) is 17.7. The molecule has 0 aliphatic rings. The van der Waals surface area contributed by atoms with Gasteiger partial charge in [0.1, 0.15) is 0 Å². The fourth-order valence-corrected chi connectivity index (χ4v) is 2.33. The Morgan fingerprint density at radius 1 is 1.29 bits per heavy atom. The van der Waals surface area contributed by atoms with Crippen LogP contribution >= 0.6 is 11.8 Å². The fourth-order valence-electron chi connectivity index (χ4n) is 1.83. The van der Waals surface area contributed by atoms with Gasteiger partial charge in [0.25, 0.3) is 5.76 Å². The predicted molar refractivity (Wildman–Crippen MR) is 80.8 cm³/mol. The molecule has 0 aliphatic heterocycles. The summed E-state index contributed by atoms with van der Waals surface area (Å²) in [6.45, 7) is 4.09. The van der Waals surface area contributed by atoms with Crippen molar-refractivity contribution in [3.63, 3.8) is 0 Å². The van der Waals surface area contributed by atoms with Gasteiger partial charge in [-0.25, -0.2) is 4.79 Å². The number of aliphatic hydroxyl groups is 1. The molecule has 0 radical (unpaired) electrons. The van der Waals surface area contributed by atoms with Crippen LogP contribution in [0.4, 0.5) is 19.3 Å². The molecule has 1 aromatic rings. The number of amides is 2. The van der Waals surface area contributed by atoms with Crippen molar-refractivity contribution in [1.82, 2.24) is 5.32 Å². The molecule has 0 saturated heterocycles. The van der Waals surface area contributed by atoms with E-state index in [4.69, 9.17) is 0 Å². The third-order valence-corrected chi connectivity index (χ3v) is 3.41. The molecule has 4 nitrogen and oxygen atoms in total.